The minimum absolute atomic E-state index is 0.168. The first-order valence-corrected chi connectivity index (χ1v) is 21.1. The highest BCUT2D eigenvalue weighted by Crippen LogP contribution is 2.14. The molecule has 0 heterocycles. The van der Waals surface area contributed by atoms with Gasteiger partial charge in [0.1, 0.15) is 19.3 Å². The molecule has 0 bridgehead atoms. The van der Waals surface area contributed by atoms with Gasteiger partial charge in [-0.1, -0.05) is 157 Å². The topological polar surface area (TPSA) is 105 Å². The van der Waals surface area contributed by atoms with Gasteiger partial charge in [-0.3, -0.25) is 4.79 Å². The van der Waals surface area contributed by atoms with Crippen molar-refractivity contribution in [3.8, 4) is 0 Å². The summed E-state index contributed by atoms with van der Waals surface area (Å²) < 4.78 is 16.0. The van der Waals surface area contributed by atoms with E-state index in [0.29, 0.717) is 17.4 Å². The number of nitrogens with zero attached hydrogens (tertiary/aromatic N) is 1. The van der Waals surface area contributed by atoms with Crippen LogP contribution in [0.15, 0.2) is 72.9 Å². The lowest BCUT2D eigenvalue weighted by Gasteiger charge is -2.26. The number of unbranched alkanes of at least 4 members (excludes halogenated alkanes) is 14. The number of likely N-dealkylation sites (N-methyl/N-ethyl adjacent to an activating group) is 1. The summed E-state index contributed by atoms with van der Waals surface area (Å²) in [6, 6.07) is 0. The molecule has 0 amide bonds. The lowest BCUT2D eigenvalue weighted by molar-refractivity contribution is -0.870. The van der Waals surface area contributed by atoms with Crippen molar-refractivity contribution < 1.29 is 38.5 Å². The van der Waals surface area contributed by atoms with Crippen LogP contribution in [0.4, 0.5) is 0 Å². The summed E-state index contributed by atoms with van der Waals surface area (Å²) in [7, 11) is 5.87. The number of aliphatic hydroxyl groups excluding tert-OH is 1. The van der Waals surface area contributed by atoms with Gasteiger partial charge in [-0.2, -0.15) is 0 Å². The van der Waals surface area contributed by atoms with Gasteiger partial charge in [0, 0.05) is 6.42 Å². The van der Waals surface area contributed by atoms with Gasteiger partial charge < -0.3 is 33.7 Å². The summed E-state index contributed by atoms with van der Waals surface area (Å²) in [6.45, 7) is 2.34. The fraction of sp³-hybridized carbons (Fsp3) is 0.696. The number of carboxylic acids is 1. The van der Waals surface area contributed by atoms with Crippen LogP contribution in [0.3, 0.4) is 0 Å². The maximum Gasteiger partial charge on any atom is 0.305 e. The van der Waals surface area contributed by atoms with E-state index >= 15 is 0 Å². The summed E-state index contributed by atoms with van der Waals surface area (Å²) in [4.78, 5) is 23.2. The fourth-order valence-electron chi connectivity index (χ4n) is 5.42. The molecule has 0 aromatic rings. The molecule has 1 N–H and O–H groups in total. The summed E-state index contributed by atoms with van der Waals surface area (Å²) >= 11 is 0. The molecule has 2 atom stereocenters. The van der Waals surface area contributed by atoms with E-state index in [-0.39, 0.29) is 25.8 Å². The molecule has 0 rings (SSSR count). The first-order valence-electron chi connectivity index (χ1n) is 21.1. The van der Waals surface area contributed by atoms with Crippen LogP contribution < -0.4 is 5.11 Å². The Morgan fingerprint density at radius 1 is 0.574 bits per heavy atom. The SMILES string of the molecule is CC/C=C\C/C=C\C/C=C\C/C=C\C/C=C\C/C=C\CCCCCCCCCCCCCCCCC(=O)OCC(O)COC(OCC[N+](C)(C)C)C(=O)[O-]. The van der Waals surface area contributed by atoms with Gasteiger partial charge in [-0.05, 0) is 57.8 Å². The molecular formula is C46H79NO7. The molecule has 0 aliphatic carbocycles. The normalized spacial score (nSPS) is 13.9. The van der Waals surface area contributed by atoms with Gasteiger partial charge >= 0.3 is 5.97 Å². The number of hydrogen-bond acceptors (Lipinski definition) is 7. The van der Waals surface area contributed by atoms with E-state index in [0.717, 1.165) is 57.8 Å². The molecule has 54 heavy (non-hydrogen) atoms. The molecular weight excluding hydrogens is 679 g/mol. The number of esters is 1. The number of carbonyl (C=O) groups excluding carboxylic acids is 2. The van der Waals surface area contributed by atoms with Crippen LogP contribution in [0.5, 0.6) is 0 Å². The third-order valence-electron chi connectivity index (χ3n) is 8.70. The molecule has 0 radical (unpaired) electrons. The van der Waals surface area contributed by atoms with Crippen LogP contribution >= 0.6 is 0 Å². The largest absolute Gasteiger partial charge is 0.545 e. The van der Waals surface area contributed by atoms with E-state index in [4.69, 9.17) is 14.2 Å². The van der Waals surface area contributed by atoms with Gasteiger partial charge in [-0.15, -0.1) is 0 Å². The number of quaternary nitrogens is 1. The number of carbonyl (C=O) groups is 2. The first-order chi connectivity index (χ1) is 26.2. The number of ether oxygens (including phenoxy) is 3. The molecule has 2 unspecified atom stereocenters. The summed E-state index contributed by atoms with van der Waals surface area (Å²) in [5, 5.41) is 21.2. The second-order valence-electron chi connectivity index (χ2n) is 15.1. The lowest BCUT2D eigenvalue weighted by Crippen LogP contribution is -2.44. The maximum absolute atomic E-state index is 12.0. The Morgan fingerprint density at radius 3 is 1.41 bits per heavy atom. The molecule has 0 saturated carbocycles. The number of rotatable bonds is 38. The van der Waals surface area contributed by atoms with Gasteiger partial charge in [-0.25, -0.2) is 0 Å². The number of aliphatic carboxylic acids is 1. The molecule has 310 valence electrons. The van der Waals surface area contributed by atoms with E-state index in [2.05, 4.69) is 79.8 Å². The predicted molar refractivity (Wildman–Crippen MR) is 223 cm³/mol. The molecule has 8 nitrogen and oxygen atoms in total. The Hall–Kier alpha value is -2.78. The van der Waals surface area contributed by atoms with Crippen molar-refractivity contribution in [2.24, 2.45) is 0 Å². The van der Waals surface area contributed by atoms with Gasteiger partial charge in [0.05, 0.1) is 40.3 Å². The van der Waals surface area contributed by atoms with E-state index in [1.54, 1.807) is 0 Å². The molecule has 0 aromatic carbocycles. The Bertz CT molecular complexity index is 1050. The molecule has 8 heteroatoms. The Labute approximate surface area is 330 Å². The van der Waals surface area contributed by atoms with Gasteiger partial charge in [0.2, 0.25) is 0 Å². The number of hydrogen-bond donors (Lipinski definition) is 1. The predicted octanol–water partition coefficient (Wildman–Crippen LogP) is 9.65. The van der Waals surface area contributed by atoms with Gasteiger partial charge in [0.25, 0.3) is 0 Å². The maximum atomic E-state index is 12.0. The van der Waals surface area contributed by atoms with Crippen LogP contribution in [-0.4, -0.2) is 81.4 Å². The first kappa shape index (κ1) is 51.2. The molecule has 0 aliphatic rings. The van der Waals surface area contributed by atoms with E-state index < -0.39 is 18.4 Å². The average molecular weight is 758 g/mol. The van der Waals surface area contributed by atoms with Crippen molar-refractivity contribution in [2.75, 3.05) is 47.5 Å². The number of carboxylic acid groups (broad SMARTS) is 1. The minimum Gasteiger partial charge on any atom is -0.545 e. The van der Waals surface area contributed by atoms with Crippen molar-refractivity contribution in [1.29, 1.82) is 0 Å². The van der Waals surface area contributed by atoms with Gasteiger partial charge in [0.15, 0.2) is 6.29 Å². The second kappa shape index (κ2) is 38.5. The average Bonchev–Trinajstić information content (AvgIpc) is 3.13. The third kappa shape index (κ3) is 40.4. The second-order valence-corrected chi connectivity index (χ2v) is 15.1. The van der Waals surface area contributed by atoms with Crippen LogP contribution in [-0.2, 0) is 23.8 Å². The highest BCUT2D eigenvalue weighted by molar-refractivity contribution is 5.69. The zero-order valence-corrected chi connectivity index (χ0v) is 34.8. The Morgan fingerprint density at radius 2 is 0.981 bits per heavy atom. The highest BCUT2D eigenvalue weighted by atomic mass is 16.7. The van der Waals surface area contributed by atoms with Crippen LogP contribution in [0.2, 0.25) is 0 Å². The van der Waals surface area contributed by atoms with Crippen molar-refractivity contribution in [1.82, 2.24) is 0 Å². The quantitative estimate of drug-likeness (QED) is 0.0220. The zero-order chi connectivity index (χ0) is 39.8. The van der Waals surface area contributed by atoms with Crippen LogP contribution in [0, 0.1) is 0 Å². The standard InChI is InChI=1S/C46H79NO7/c1-5-6-7-8-9-10-11-12-13-14-15-16-17-18-19-20-21-22-23-24-25-26-27-28-29-30-31-32-33-34-35-36-37-38-44(49)53-41-43(48)42-54-46(45(50)51)52-40-39-47(2,3)4/h6-7,9-10,12-13,15-16,18-19,21-22,43,46,48H,5,8,11,14,17,20,23-42H2,1-4H3/b7-6-,10-9-,13-12-,16-15-,19-18-,22-21-. The summed E-state index contributed by atoms with van der Waals surface area (Å²) in [5.41, 5.74) is 0. The molecule has 0 aliphatic heterocycles. The van der Waals surface area contributed by atoms with Crippen LogP contribution in [0.25, 0.3) is 0 Å². The van der Waals surface area contributed by atoms with Crippen molar-refractivity contribution >= 4 is 11.9 Å². The minimum atomic E-state index is -1.58. The van der Waals surface area contributed by atoms with E-state index in [1.165, 1.54) is 77.0 Å². The molecule has 0 spiro atoms. The van der Waals surface area contributed by atoms with Crippen molar-refractivity contribution in [2.45, 2.75) is 161 Å². The van der Waals surface area contributed by atoms with E-state index in [9.17, 15) is 19.8 Å². The number of allylic oxidation sites excluding steroid dienone is 12. The Balaban J connectivity index is 3.50. The monoisotopic (exact) mass is 758 g/mol. The van der Waals surface area contributed by atoms with Crippen molar-refractivity contribution in [3.05, 3.63) is 72.9 Å². The molecule has 0 saturated heterocycles. The van der Waals surface area contributed by atoms with Crippen LogP contribution in [0.1, 0.15) is 148 Å². The highest BCUT2D eigenvalue weighted by Gasteiger charge is 2.17. The molecule has 0 aromatic heterocycles. The lowest BCUT2D eigenvalue weighted by atomic mass is 10.0. The third-order valence-corrected chi connectivity index (χ3v) is 8.70. The number of aliphatic hydroxyl groups is 1. The summed E-state index contributed by atoms with van der Waals surface area (Å²) in [5.74, 6) is -1.87. The zero-order valence-electron chi connectivity index (χ0n) is 34.8. The van der Waals surface area contributed by atoms with Crippen molar-refractivity contribution in [3.63, 3.8) is 0 Å². The molecule has 0 fully saturated rings. The fourth-order valence-corrected chi connectivity index (χ4v) is 5.42. The Kier molecular flexibility index (Phi) is 36.5. The van der Waals surface area contributed by atoms with E-state index in [1.807, 2.05) is 21.1 Å². The summed E-state index contributed by atoms with van der Waals surface area (Å²) in [6.07, 6.45) is 49.3. The smallest absolute Gasteiger partial charge is 0.305 e.